The van der Waals surface area contributed by atoms with Gasteiger partial charge < -0.3 is 10.2 Å². The Morgan fingerprint density at radius 2 is 1.38 bits per heavy atom. The fourth-order valence-electron chi connectivity index (χ4n) is 2.66. The molecule has 0 aliphatic heterocycles. The third-order valence-corrected chi connectivity index (χ3v) is 3.53. The molecular weight excluding hydrogens is 260 g/mol. The van der Waals surface area contributed by atoms with Crippen LogP contribution in [0.3, 0.4) is 0 Å². The third kappa shape index (κ3) is 3.92. The summed E-state index contributed by atoms with van der Waals surface area (Å²) in [7, 11) is 4.07. The van der Waals surface area contributed by atoms with Gasteiger partial charge in [-0.2, -0.15) is 0 Å². The van der Waals surface area contributed by atoms with Crippen LogP contribution in [0.1, 0.15) is 30.1 Å². The van der Waals surface area contributed by atoms with Gasteiger partial charge in [-0.15, -0.1) is 0 Å². The van der Waals surface area contributed by atoms with E-state index in [0.29, 0.717) is 0 Å². The number of nitrogens with one attached hydrogen (secondary N) is 1. The fraction of sp³-hybridized carbons (Fsp3) is 0.278. The van der Waals surface area contributed by atoms with Gasteiger partial charge in [-0.25, -0.2) is 0 Å². The third-order valence-electron chi connectivity index (χ3n) is 3.53. The van der Waals surface area contributed by atoms with Crippen LogP contribution in [0.4, 0.5) is 0 Å². The highest BCUT2D eigenvalue weighted by Gasteiger charge is 2.27. The summed E-state index contributed by atoms with van der Waals surface area (Å²) in [6.07, 6.45) is 0. The van der Waals surface area contributed by atoms with E-state index in [1.165, 1.54) is 5.56 Å². The van der Waals surface area contributed by atoms with E-state index in [0.717, 1.165) is 5.56 Å². The van der Waals surface area contributed by atoms with Crippen molar-refractivity contribution in [2.24, 2.45) is 0 Å². The Hall–Kier alpha value is -2.13. The van der Waals surface area contributed by atoms with E-state index >= 15 is 0 Å². The van der Waals surface area contributed by atoms with E-state index in [4.69, 9.17) is 0 Å². The predicted molar refractivity (Wildman–Crippen MR) is 85.9 cm³/mol. The summed E-state index contributed by atoms with van der Waals surface area (Å²) >= 11 is 0. The zero-order valence-corrected chi connectivity index (χ0v) is 12.8. The van der Waals surface area contributed by atoms with Gasteiger partial charge in [-0.1, -0.05) is 60.7 Å². The monoisotopic (exact) mass is 282 g/mol. The van der Waals surface area contributed by atoms with Gasteiger partial charge in [-0.05, 0) is 25.2 Å². The molecule has 1 amide bonds. The van der Waals surface area contributed by atoms with Crippen molar-refractivity contribution >= 4 is 5.91 Å². The van der Waals surface area contributed by atoms with Crippen LogP contribution in [0.25, 0.3) is 0 Å². The minimum absolute atomic E-state index is 0.0216. The Morgan fingerprint density at radius 1 is 0.905 bits per heavy atom. The Morgan fingerprint density at radius 3 is 1.81 bits per heavy atom. The molecule has 1 unspecified atom stereocenters. The van der Waals surface area contributed by atoms with Crippen molar-refractivity contribution in [2.75, 3.05) is 14.1 Å². The first-order valence-corrected chi connectivity index (χ1v) is 7.13. The van der Waals surface area contributed by atoms with Crippen LogP contribution < -0.4 is 5.32 Å². The molecule has 2 rings (SSSR count). The quantitative estimate of drug-likeness (QED) is 0.913. The van der Waals surface area contributed by atoms with Crippen molar-refractivity contribution in [2.45, 2.75) is 19.0 Å². The molecule has 0 heterocycles. The van der Waals surface area contributed by atoms with Gasteiger partial charge in [-0.3, -0.25) is 4.79 Å². The summed E-state index contributed by atoms with van der Waals surface area (Å²) in [6, 6.07) is 20.4. The molecule has 0 aliphatic carbocycles. The van der Waals surface area contributed by atoms with Crippen molar-refractivity contribution in [3.8, 4) is 0 Å². The lowest BCUT2D eigenvalue weighted by atomic mass is 9.92. The van der Waals surface area contributed by atoms with Crippen molar-refractivity contribution < 1.29 is 4.79 Å². The van der Waals surface area contributed by atoms with Gasteiger partial charge in [0.15, 0.2) is 0 Å². The second-order valence-corrected chi connectivity index (χ2v) is 5.41. The van der Waals surface area contributed by atoms with Crippen LogP contribution >= 0.6 is 0 Å². The largest absolute Gasteiger partial charge is 0.348 e. The molecule has 0 aliphatic rings. The maximum absolute atomic E-state index is 11.7. The topological polar surface area (TPSA) is 32.3 Å². The molecule has 1 N–H and O–H groups in total. The number of carbonyl (C=O) groups is 1. The molecule has 2 atom stereocenters. The summed E-state index contributed by atoms with van der Waals surface area (Å²) in [5, 5.41) is 3.10. The molecule has 0 bridgehead atoms. The first-order chi connectivity index (χ1) is 10.1. The van der Waals surface area contributed by atoms with Crippen molar-refractivity contribution in [3.63, 3.8) is 0 Å². The fourth-order valence-corrected chi connectivity index (χ4v) is 2.66. The first kappa shape index (κ1) is 15.3. The van der Waals surface area contributed by atoms with Gasteiger partial charge in [0, 0.05) is 6.92 Å². The van der Waals surface area contributed by atoms with Crippen molar-refractivity contribution in [3.05, 3.63) is 71.8 Å². The Labute approximate surface area is 126 Å². The molecule has 0 saturated carbocycles. The van der Waals surface area contributed by atoms with Crippen LogP contribution in [0.15, 0.2) is 60.7 Å². The van der Waals surface area contributed by atoms with E-state index in [1.54, 1.807) is 6.92 Å². The van der Waals surface area contributed by atoms with E-state index in [9.17, 15) is 4.79 Å². The second-order valence-electron chi connectivity index (χ2n) is 5.41. The molecule has 110 valence electrons. The molecule has 3 nitrogen and oxygen atoms in total. The van der Waals surface area contributed by atoms with Crippen LogP contribution in [0, 0.1) is 0 Å². The molecule has 2 aromatic carbocycles. The summed E-state index contributed by atoms with van der Waals surface area (Å²) in [5.74, 6) is -0.0216. The highest BCUT2D eigenvalue weighted by Crippen LogP contribution is 2.32. The molecule has 0 fully saturated rings. The summed E-state index contributed by atoms with van der Waals surface area (Å²) in [5.41, 5.74) is 2.29. The maximum atomic E-state index is 11.7. The average Bonchev–Trinajstić information content (AvgIpc) is 2.48. The lowest BCUT2D eigenvalue weighted by molar-refractivity contribution is -0.120. The van der Waals surface area contributed by atoms with Crippen molar-refractivity contribution in [1.29, 1.82) is 0 Å². The summed E-state index contributed by atoms with van der Waals surface area (Å²) in [4.78, 5) is 13.8. The highest BCUT2D eigenvalue weighted by molar-refractivity contribution is 5.73. The Balaban J connectivity index is 2.43. The molecule has 2 aromatic rings. The van der Waals surface area contributed by atoms with Crippen LogP contribution in [0.2, 0.25) is 0 Å². The van der Waals surface area contributed by atoms with E-state index in [-0.39, 0.29) is 18.0 Å². The molecule has 21 heavy (non-hydrogen) atoms. The van der Waals surface area contributed by atoms with Gasteiger partial charge in [0.05, 0.1) is 12.1 Å². The number of likely N-dealkylation sites (N-methyl/N-ethyl adjacent to an activating group) is 1. The number of hydrogen-bond acceptors (Lipinski definition) is 2. The first-order valence-electron chi connectivity index (χ1n) is 7.13. The van der Waals surface area contributed by atoms with E-state index in [1.807, 2.05) is 50.5 Å². The number of benzene rings is 2. The van der Waals surface area contributed by atoms with E-state index in [2.05, 4.69) is 34.5 Å². The molecular formula is C18H22N2O. The smallest absolute Gasteiger partial charge is 0.217 e. The van der Waals surface area contributed by atoms with Crippen molar-refractivity contribution in [1.82, 2.24) is 10.2 Å². The second kappa shape index (κ2) is 7.04. The highest BCUT2D eigenvalue weighted by atomic mass is 16.1. The zero-order chi connectivity index (χ0) is 15.2. The van der Waals surface area contributed by atoms with Gasteiger partial charge >= 0.3 is 0 Å². The number of nitrogens with zero attached hydrogens (tertiary/aromatic N) is 1. The molecule has 0 spiro atoms. The number of rotatable bonds is 5. The van der Waals surface area contributed by atoms with Crippen LogP contribution in [0.5, 0.6) is 0 Å². The predicted octanol–water partition coefficient (Wildman–Crippen LogP) is 3.17. The Bertz CT molecular complexity index is 566. The minimum atomic E-state index is -0.0823. The number of hydrogen-bond donors (Lipinski definition) is 1. The standard InChI is InChI=1S/C18H22N2O/c1-14(21)19-17(15-10-6-4-7-11-15)18(20(2)3)16-12-8-5-9-13-16/h4-13,17-18H,1-3H3,(H,19,21)/t17?,18-/m1/s1. The minimum Gasteiger partial charge on any atom is -0.348 e. The Kier molecular flexibility index (Phi) is 5.12. The van der Waals surface area contributed by atoms with Crippen LogP contribution in [-0.2, 0) is 4.79 Å². The van der Waals surface area contributed by atoms with E-state index < -0.39 is 0 Å². The zero-order valence-electron chi connectivity index (χ0n) is 12.8. The maximum Gasteiger partial charge on any atom is 0.217 e. The number of carbonyl (C=O) groups excluding carboxylic acids is 1. The van der Waals surface area contributed by atoms with Gasteiger partial charge in [0.2, 0.25) is 5.91 Å². The van der Waals surface area contributed by atoms with Crippen LogP contribution in [-0.4, -0.2) is 24.9 Å². The van der Waals surface area contributed by atoms with Gasteiger partial charge in [0.25, 0.3) is 0 Å². The summed E-state index contributed by atoms with van der Waals surface area (Å²) < 4.78 is 0. The number of amides is 1. The molecule has 0 radical (unpaired) electrons. The lowest BCUT2D eigenvalue weighted by Gasteiger charge is -2.33. The average molecular weight is 282 g/mol. The molecule has 3 heteroatoms. The van der Waals surface area contributed by atoms with Gasteiger partial charge in [0.1, 0.15) is 0 Å². The summed E-state index contributed by atoms with van der Waals surface area (Å²) in [6.45, 7) is 1.56. The normalized spacial score (nSPS) is 13.7. The lowest BCUT2D eigenvalue weighted by Crippen LogP contribution is -2.37. The molecule has 0 aromatic heterocycles. The molecule has 0 saturated heterocycles. The SMILES string of the molecule is CC(=O)NC(c1ccccc1)[C@@H](c1ccccc1)N(C)C.